The van der Waals surface area contributed by atoms with Crippen LogP contribution in [-0.2, 0) is 9.53 Å². The summed E-state index contributed by atoms with van der Waals surface area (Å²) in [5.74, 6) is 0.609. The Kier molecular flexibility index (Phi) is 5.86. The quantitative estimate of drug-likeness (QED) is 0.776. The number of anilines is 1. The van der Waals surface area contributed by atoms with Crippen molar-refractivity contribution in [3.05, 3.63) is 24.3 Å². The smallest absolute Gasteiger partial charge is 0.313 e. The highest BCUT2D eigenvalue weighted by Gasteiger charge is 2.28. The molecule has 1 N–H and O–H groups in total. The molecule has 1 aromatic carbocycles. The van der Waals surface area contributed by atoms with E-state index < -0.39 is 5.41 Å². The van der Waals surface area contributed by atoms with Gasteiger partial charge in [0.2, 0.25) is 0 Å². The van der Waals surface area contributed by atoms with Crippen LogP contribution in [0.5, 0.6) is 5.75 Å². The zero-order chi connectivity index (χ0) is 15.2. The minimum Gasteiger partial charge on any atom is -0.491 e. The minimum absolute atomic E-state index is 0.191. The summed E-state index contributed by atoms with van der Waals surface area (Å²) in [7, 11) is 1.41. The molecule has 1 unspecified atom stereocenters. The van der Waals surface area contributed by atoms with Gasteiger partial charge in [-0.3, -0.25) is 4.79 Å². The van der Waals surface area contributed by atoms with Crippen molar-refractivity contribution in [1.82, 2.24) is 0 Å². The maximum absolute atomic E-state index is 11.6. The SMILES string of the molecule is CCC(C)Oc1cccc(NCC(C)(C)C(=O)OC)c1. The Balaban J connectivity index is 2.65. The molecule has 1 rings (SSSR count). The molecule has 0 amide bonds. The molecule has 1 atom stereocenters. The lowest BCUT2D eigenvalue weighted by Crippen LogP contribution is -2.33. The molecular weight excluding hydrogens is 254 g/mol. The van der Waals surface area contributed by atoms with Gasteiger partial charge in [0.05, 0.1) is 18.6 Å². The first-order valence-electron chi connectivity index (χ1n) is 6.98. The van der Waals surface area contributed by atoms with Crippen molar-refractivity contribution < 1.29 is 14.3 Å². The first kappa shape index (κ1) is 16.3. The third kappa shape index (κ3) is 4.76. The highest BCUT2D eigenvalue weighted by atomic mass is 16.5. The van der Waals surface area contributed by atoms with Gasteiger partial charge in [0.15, 0.2) is 0 Å². The predicted molar refractivity (Wildman–Crippen MR) is 81.1 cm³/mol. The summed E-state index contributed by atoms with van der Waals surface area (Å²) < 4.78 is 10.6. The summed E-state index contributed by atoms with van der Waals surface area (Å²) in [6, 6.07) is 7.77. The maximum Gasteiger partial charge on any atom is 0.313 e. The van der Waals surface area contributed by atoms with Crippen molar-refractivity contribution >= 4 is 11.7 Å². The first-order chi connectivity index (χ1) is 9.39. The molecule has 0 spiro atoms. The highest BCUT2D eigenvalue weighted by Crippen LogP contribution is 2.22. The molecule has 4 heteroatoms. The zero-order valence-corrected chi connectivity index (χ0v) is 13.0. The van der Waals surface area contributed by atoms with Crippen molar-refractivity contribution in [1.29, 1.82) is 0 Å². The van der Waals surface area contributed by atoms with Gasteiger partial charge in [0, 0.05) is 18.3 Å². The molecule has 0 bridgehead atoms. The molecular formula is C16H25NO3. The first-order valence-corrected chi connectivity index (χ1v) is 6.98. The number of carbonyl (C=O) groups is 1. The number of nitrogens with one attached hydrogen (secondary N) is 1. The lowest BCUT2D eigenvalue weighted by molar-refractivity contribution is -0.149. The van der Waals surface area contributed by atoms with E-state index in [2.05, 4.69) is 12.2 Å². The van der Waals surface area contributed by atoms with Crippen LogP contribution < -0.4 is 10.1 Å². The highest BCUT2D eigenvalue weighted by molar-refractivity contribution is 5.76. The number of carbonyl (C=O) groups excluding carboxylic acids is 1. The standard InChI is InChI=1S/C16H25NO3/c1-6-12(2)20-14-9-7-8-13(10-14)17-11-16(3,4)15(18)19-5/h7-10,12,17H,6,11H2,1-5H3. The predicted octanol–water partition coefficient (Wildman–Crippen LogP) is 3.48. The van der Waals surface area contributed by atoms with Crippen molar-refractivity contribution in [3.8, 4) is 5.75 Å². The zero-order valence-electron chi connectivity index (χ0n) is 13.0. The summed E-state index contributed by atoms with van der Waals surface area (Å²) >= 11 is 0. The van der Waals surface area contributed by atoms with E-state index in [0.717, 1.165) is 17.9 Å². The van der Waals surface area contributed by atoms with Gasteiger partial charge in [-0.1, -0.05) is 13.0 Å². The van der Waals surface area contributed by atoms with E-state index in [1.807, 2.05) is 45.0 Å². The summed E-state index contributed by atoms with van der Waals surface area (Å²) in [6.45, 7) is 8.34. The van der Waals surface area contributed by atoms with Crippen LogP contribution in [0, 0.1) is 5.41 Å². The Morgan fingerprint density at radius 2 is 2.10 bits per heavy atom. The second-order valence-corrected chi connectivity index (χ2v) is 5.59. The van der Waals surface area contributed by atoms with Crippen molar-refractivity contribution in [2.24, 2.45) is 5.41 Å². The van der Waals surface area contributed by atoms with Crippen molar-refractivity contribution in [2.75, 3.05) is 19.0 Å². The second-order valence-electron chi connectivity index (χ2n) is 5.59. The number of methoxy groups -OCH3 is 1. The maximum atomic E-state index is 11.6. The third-order valence-electron chi connectivity index (χ3n) is 3.22. The second kappa shape index (κ2) is 7.17. The van der Waals surface area contributed by atoms with Crippen LogP contribution in [0.25, 0.3) is 0 Å². The number of ether oxygens (including phenoxy) is 2. The number of rotatable bonds is 7. The van der Waals surface area contributed by atoms with E-state index in [-0.39, 0.29) is 12.1 Å². The Morgan fingerprint density at radius 1 is 1.40 bits per heavy atom. The topological polar surface area (TPSA) is 47.6 Å². The van der Waals surface area contributed by atoms with E-state index in [9.17, 15) is 4.79 Å². The van der Waals surface area contributed by atoms with Gasteiger partial charge in [-0.2, -0.15) is 0 Å². The summed E-state index contributed by atoms with van der Waals surface area (Å²) in [5, 5.41) is 3.25. The van der Waals surface area contributed by atoms with E-state index in [0.29, 0.717) is 6.54 Å². The molecule has 4 nitrogen and oxygen atoms in total. The molecule has 0 aliphatic heterocycles. The van der Waals surface area contributed by atoms with Crippen LogP contribution in [-0.4, -0.2) is 25.7 Å². The van der Waals surface area contributed by atoms with Crippen molar-refractivity contribution in [2.45, 2.75) is 40.2 Å². The molecule has 0 aliphatic carbocycles. The Labute approximate surface area is 121 Å². The summed E-state index contributed by atoms with van der Waals surface area (Å²) in [6.07, 6.45) is 1.16. The van der Waals surface area contributed by atoms with E-state index in [1.54, 1.807) is 0 Å². The van der Waals surface area contributed by atoms with Gasteiger partial charge in [0.1, 0.15) is 5.75 Å². The number of hydrogen-bond acceptors (Lipinski definition) is 4. The molecule has 0 radical (unpaired) electrons. The van der Waals surface area contributed by atoms with Gasteiger partial charge >= 0.3 is 5.97 Å². The lowest BCUT2D eigenvalue weighted by Gasteiger charge is -2.22. The van der Waals surface area contributed by atoms with Crippen LogP contribution >= 0.6 is 0 Å². The molecule has 0 fully saturated rings. The molecule has 0 aromatic heterocycles. The fourth-order valence-electron chi connectivity index (χ4n) is 1.67. The van der Waals surface area contributed by atoms with E-state index >= 15 is 0 Å². The van der Waals surface area contributed by atoms with Crippen LogP contribution in [0.1, 0.15) is 34.1 Å². The van der Waals surface area contributed by atoms with Crippen LogP contribution in [0.15, 0.2) is 24.3 Å². The Bertz CT molecular complexity index is 443. The van der Waals surface area contributed by atoms with Gasteiger partial charge in [-0.15, -0.1) is 0 Å². The largest absolute Gasteiger partial charge is 0.491 e. The average Bonchev–Trinajstić information content (AvgIpc) is 2.44. The summed E-state index contributed by atoms with van der Waals surface area (Å²) in [4.78, 5) is 11.6. The lowest BCUT2D eigenvalue weighted by atomic mass is 9.93. The normalized spacial score (nSPS) is 12.7. The van der Waals surface area contributed by atoms with Gasteiger partial charge in [0.25, 0.3) is 0 Å². The molecule has 0 saturated heterocycles. The summed E-state index contributed by atoms with van der Waals surface area (Å²) in [5.41, 5.74) is 0.366. The number of esters is 1. The molecule has 112 valence electrons. The van der Waals surface area contributed by atoms with Crippen LogP contribution in [0.2, 0.25) is 0 Å². The van der Waals surface area contributed by atoms with Gasteiger partial charge in [-0.25, -0.2) is 0 Å². The van der Waals surface area contributed by atoms with Crippen LogP contribution in [0.4, 0.5) is 5.69 Å². The van der Waals surface area contributed by atoms with Gasteiger partial charge in [-0.05, 0) is 39.3 Å². The van der Waals surface area contributed by atoms with E-state index in [4.69, 9.17) is 9.47 Å². The molecule has 20 heavy (non-hydrogen) atoms. The third-order valence-corrected chi connectivity index (χ3v) is 3.22. The fraction of sp³-hybridized carbons (Fsp3) is 0.562. The molecule has 1 aromatic rings. The molecule has 0 saturated carbocycles. The number of hydrogen-bond donors (Lipinski definition) is 1. The average molecular weight is 279 g/mol. The Hall–Kier alpha value is -1.71. The Morgan fingerprint density at radius 3 is 2.70 bits per heavy atom. The van der Waals surface area contributed by atoms with E-state index in [1.165, 1.54) is 7.11 Å². The van der Waals surface area contributed by atoms with Gasteiger partial charge < -0.3 is 14.8 Å². The van der Waals surface area contributed by atoms with Crippen LogP contribution in [0.3, 0.4) is 0 Å². The molecule has 0 aliphatic rings. The fourth-order valence-corrected chi connectivity index (χ4v) is 1.67. The number of benzene rings is 1. The van der Waals surface area contributed by atoms with Crippen molar-refractivity contribution in [3.63, 3.8) is 0 Å². The minimum atomic E-state index is -0.567. The molecule has 0 heterocycles. The monoisotopic (exact) mass is 279 g/mol.